The van der Waals surface area contributed by atoms with Gasteiger partial charge in [0, 0.05) is 12.6 Å². The largest absolute Gasteiger partial charge is 0.330 e. The first kappa shape index (κ1) is 16.9. The van der Waals surface area contributed by atoms with Crippen LogP contribution in [0.25, 0.3) is 0 Å². The second-order valence-electron chi connectivity index (χ2n) is 6.38. The van der Waals surface area contributed by atoms with Crippen LogP contribution in [0, 0.1) is 5.92 Å². The monoisotopic (exact) mass is 269 g/mol. The molecular formula is C16H35N3. The minimum Gasteiger partial charge on any atom is -0.330 e. The Labute approximate surface area is 120 Å². The average molecular weight is 269 g/mol. The van der Waals surface area contributed by atoms with Gasteiger partial charge in [0.25, 0.3) is 0 Å². The van der Waals surface area contributed by atoms with Crippen molar-refractivity contribution in [3.63, 3.8) is 0 Å². The molecule has 3 heteroatoms. The fourth-order valence-electron chi connectivity index (χ4n) is 3.41. The van der Waals surface area contributed by atoms with Crippen molar-refractivity contribution in [3.8, 4) is 0 Å². The summed E-state index contributed by atoms with van der Waals surface area (Å²) in [6.07, 6.45) is 7.90. The maximum Gasteiger partial charge on any atom is 0.0194 e. The van der Waals surface area contributed by atoms with Gasteiger partial charge in [-0.1, -0.05) is 19.8 Å². The molecule has 19 heavy (non-hydrogen) atoms. The van der Waals surface area contributed by atoms with Crippen LogP contribution in [0.2, 0.25) is 0 Å². The molecule has 2 N–H and O–H groups in total. The molecule has 0 spiro atoms. The summed E-state index contributed by atoms with van der Waals surface area (Å²) in [6.45, 7) is 10.6. The molecule has 0 aliphatic carbocycles. The first-order valence-corrected chi connectivity index (χ1v) is 8.30. The van der Waals surface area contributed by atoms with Crippen LogP contribution >= 0.6 is 0 Å². The van der Waals surface area contributed by atoms with Crippen molar-refractivity contribution in [2.45, 2.75) is 58.4 Å². The molecule has 0 radical (unpaired) electrons. The highest BCUT2D eigenvalue weighted by Crippen LogP contribution is 2.18. The fraction of sp³-hybridized carbons (Fsp3) is 1.00. The summed E-state index contributed by atoms with van der Waals surface area (Å²) in [5.41, 5.74) is 5.72. The molecule has 0 amide bonds. The third-order valence-corrected chi connectivity index (χ3v) is 4.51. The van der Waals surface area contributed by atoms with Gasteiger partial charge in [-0.25, -0.2) is 0 Å². The van der Waals surface area contributed by atoms with E-state index in [1.54, 1.807) is 0 Å². The summed E-state index contributed by atoms with van der Waals surface area (Å²) in [7, 11) is 2.25. The quantitative estimate of drug-likeness (QED) is 0.735. The Morgan fingerprint density at radius 1 is 1.21 bits per heavy atom. The standard InChI is InChI=1S/C16H35N3/c1-4-7-16(9-10-17)8-5-12-19-13-6-11-18(3)14-15(19)2/h15-16H,4-14,17H2,1-3H3. The van der Waals surface area contributed by atoms with E-state index in [0.717, 1.165) is 12.5 Å². The molecule has 0 saturated carbocycles. The highest BCUT2D eigenvalue weighted by Gasteiger charge is 2.19. The molecule has 1 aliphatic rings. The molecule has 3 nitrogen and oxygen atoms in total. The zero-order valence-corrected chi connectivity index (χ0v) is 13.4. The van der Waals surface area contributed by atoms with E-state index in [-0.39, 0.29) is 0 Å². The molecule has 1 saturated heterocycles. The van der Waals surface area contributed by atoms with Gasteiger partial charge < -0.3 is 10.6 Å². The Bertz CT molecular complexity index is 214. The highest BCUT2D eigenvalue weighted by molar-refractivity contribution is 4.75. The fourth-order valence-corrected chi connectivity index (χ4v) is 3.41. The number of nitrogens with two attached hydrogens (primary N) is 1. The Morgan fingerprint density at radius 3 is 2.68 bits per heavy atom. The first-order valence-electron chi connectivity index (χ1n) is 8.30. The zero-order chi connectivity index (χ0) is 14.1. The number of rotatable bonds is 8. The van der Waals surface area contributed by atoms with Crippen molar-refractivity contribution >= 4 is 0 Å². The van der Waals surface area contributed by atoms with Crippen LogP contribution in [0.1, 0.15) is 52.4 Å². The molecule has 1 heterocycles. The van der Waals surface area contributed by atoms with Crippen molar-refractivity contribution < 1.29 is 0 Å². The van der Waals surface area contributed by atoms with Crippen molar-refractivity contribution in [1.29, 1.82) is 0 Å². The maximum absolute atomic E-state index is 5.72. The van der Waals surface area contributed by atoms with Gasteiger partial charge in [0.1, 0.15) is 0 Å². The van der Waals surface area contributed by atoms with Crippen LogP contribution in [0.15, 0.2) is 0 Å². The smallest absolute Gasteiger partial charge is 0.0194 e. The summed E-state index contributed by atoms with van der Waals surface area (Å²) >= 11 is 0. The molecule has 1 aliphatic heterocycles. The molecule has 2 unspecified atom stereocenters. The predicted octanol–water partition coefficient (Wildman–Crippen LogP) is 2.56. The minimum absolute atomic E-state index is 0.714. The van der Waals surface area contributed by atoms with E-state index in [4.69, 9.17) is 5.73 Å². The molecule has 0 aromatic carbocycles. The van der Waals surface area contributed by atoms with E-state index >= 15 is 0 Å². The van der Waals surface area contributed by atoms with Crippen molar-refractivity contribution in [1.82, 2.24) is 9.80 Å². The molecule has 114 valence electrons. The Hall–Kier alpha value is -0.120. The lowest BCUT2D eigenvalue weighted by atomic mass is 9.94. The Morgan fingerprint density at radius 2 is 2.00 bits per heavy atom. The van der Waals surface area contributed by atoms with Crippen LogP contribution in [0.5, 0.6) is 0 Å². The number of hydrogen-bond donors (Lipinski definition) is 1. The highest BCUT2D eigenvalue weighted by atomic mass is 15.2. The van der Waals surface area contributed by atoms with Crippen LogP contribution < -0.4 is 5.73 Å². The van der Waals surface area contributed by atoms with E-state index in [9.17, 15) is 0 Å². The van der Waals surface area contributed by atoms with Gasteiger partial charge in [-0.15, -0.1) is 0 Å². The Kier molecular flexibility index (Phi) is 8.67. The number of hydrogen-bond acceptors (Lipinski definition) is 3. The maximum atomic E-state index is 5.72. The normalized spacial score (nSPS) is 24.3. The molecule has 0 aromatic rings. The number of nitrogens with zero attached hydrogens (tertiary/aromatic N) is 2. The third kappa shape index (κ3) is 6.73. The van der Waals surface area contributed by atoms with Crippen LogP contribution in [-0.2, 0) is 0 Å². The lowest BCUT2D eigenvalue weighted by Gasteiger charge is -2.28. The van der Waals surface area contributed by atoms with Gasteiger partial charge in [-0.2, -0.15) is 0 Å². The van der Waals surface area contributed by atoms with Crippen molar-refractivity contribution in [3.05, 3.63) is 0 Å². The minimum atomic E-state index is 0.714. The SMILES string of the molecule is CCCC(CCN)CCCN1CCCN(C)CC1C. The molecule has 0 aromatic heterocycles. The van der Waals surface area contributed by atoms with E-state index in [2.05, 4.69) is 30.7 Å². The number of likely N-dealkylation sites (N-methyl/N-ethyl adjacent to an activating group) is 1. The van der Waals surface area contributed by atoms with Crippen LogP contribution in [0.4, 0.5) is 0 Å². The van der Waals surface area contributed by atoms with Gasteiger partial charge in [0.15, 0.2) is 0 Å². The Balaban J connectivity index is 2.26. The molecule has 1 fully saturated rings. The van der Waals surface area contributed by atoms with Gasteiger partial charge in [0.05, 0.1) is 0 Å². The van der Waals surface area contributed by atoms with Gasteiger partial charge >= 0.3 is 0 Å². The van der Waals surface area contributed by atoms with Crippen LogP contribution in [-0.4, -0.2) is 55.6 Å². The summed E-state index contributed by atoms with van der Waals surface area (Å²) in [5.74, 6) is 0.861. The summed E-state index contributed by atoms with van der Waals surface area (Å²) < 4.78 is 0. The lowest BCUT2D eigenvalue weighted by Crippen LogP contribution is -2.38. The van der Waals surface area contributed by atoms with E-state index in [1.807, 2.05) is 0 Å². The molecular weight excluding hydrogens is 234 g/mol. The predicted molar refractivity (Wildman–Crippen MR) is 84.5 cm³/mol. The van der Waals surface area contributed by atoms with Gasteiger partial charge in [0.2, 0.25) is 0 Å². The second-order valence-corrected chi connectivity index (χ2v) is 6.38. The third-order valence-electron chi connectivity index (χ3n) is 4.51. The summed E-state index contributed by atoms with van der Waals surface area (Å²) in [5, 5.41) is 0. The first-order chi connectivity index (χ1) is 9.17. The molecule has 0 bridgehead atoms. The zero-order valence-electron chi connectivity index (χ0n) is 13.4. The lowest BCUT2D eigenvalue weighted by molar-refractivity contribution is 0.194. The summed E-state index contributed by atoms with van der Waals surface area (Å²) in [4.78, 5) is 5.16. The van der Waals surface area contributed by atoms with Crippen molar-refractivity contribution in [2.75, 3.05) is 39.8 Å². The van der Waals surface area contributed by atoms with E-state index in [1.165, 1.54) is 64.7 Å². The molecule has 2 atom stereocenters. The van der Waals surface area contributed by atoms with Crippen LogP contribution in [0.3, 0.4) is 0 Å². The second kappa shape index (κ2) is 9.73. The van der Waals surface area contributed by atoms with E-state index < -0.39 is 0 Å². The van der Waals surface area contributed by atoms with E-state index in [0.29, 0.717) is 6.04 Å². The van der Waals surface area contributed by atoms with Crippen molar-refractivity contribution in [2.24, 2.45) is 11.7 Å². The molecule has 1 rings (SSSR count). The van der Waals surface area contributed by atoms with Gasteiger partial charge in [-0.3, -0.25) is 4.90 Å². The average Bonchev–Trinajstić information content (AvgIpc) is 2.51. The topological polar surface area (TPSA) is 32.5 Å². The van der Waals surface area contributed by atoms with Gasteiger partial charge in [-0.05, 0) is 71.8 Å². The summed E-state index contributed by atoms with van der Waals surface area (Å²) in [6, 6.07) is 0.714.